The number of carbonyl (C=O) groups is 1. The molecule has 0 aromatic heterocycles. The Hall–Kier alpha value is -0.930. The molecule has 3 nitrogen and oxygen atoms in total. The molecule has 5 heteroatoms. The Kier molecular flexibility index (Phi) is 8.55. The molecule has 0 saturated heterocycles. The summed E-state index contributed by atoms with van der Waals surface area (Å²) < 4.78 is 10.6. The fraction of sp³-hybridized carbons (Fsp3) is 0.562. The fourth-order valence-corrected chi connectivity index (χ4v) is 2.34. The van der Waals surface area contributed by atoms with Crippen molar-refractivity contribution >= 4 is 29.2 Å². The van der Waals surface area contributed by atoms with Crippen LogP contribution in [0.1, 0.15) is 39.5 Å². The van der Waals surface area contributed by atoms with Crippen LogP contribution in [0.15, 0.2) is 18.2 Å². The van der Waals surface area contributed by atoms with Crippen molar-refractivity contribution in [1.82, 2.24) is 0 Å². The van der Waals surface area contributed by atoms with Crippen LogP contribution in [-0.2, 0) is 9.53 Å². The van der Waals surface area contributed by atoms with Gasteiger partial charge in [-0.15, -0.1) is 0 Å². The minimum absolute atomic E-state index is 0.147. The zero-order chi connectivity index (χ0) is 15.7. The third-order valence-electron chi connectivity index (χ3n) is 3.26. The standard InChI is InChI=1S/C16H22Cl2O3/c1-3-5-6-12(4-2)10-21-16(19)11-20-15-8-7-13(17)9-14(15)18/h7-9,12H,3-6,10-11H2,1-2H3/t12-/m1/s1. The van der Waals surface area contributed by atoms with Gasteiger partial charge in [-0.25, -0.2) is 4.79 Å². The lowest BCUT2D eigenvalue weighted by Gasteiger charge is -2.15. The van der Waals surface area contributed by atoms with Crippen molar-refractivity contribution in [2.75, 3.05) is 13.2 Å². The Morgan fingerprint density at radius 3 is 2.67 bits per heavy atom. The number of hydrogen-bond acceptors (Lipinski definition) is 3. The molecule has 0 N–H and O–H groups in total. The van der Waals surface area contributed by atoms with Crippen molar-refractivity contribution in [3.63, 3.8) is 0 Å². The van der Waals surface area contributed by atoms with Crippen LogP contribution in [0.4, 0.5) is 0 Å². The number of ether oxygens (including phenoxy) is 2. The van der Waals surface area contributed by atoms with Gasteiger partial charge < -0.3 is 9.47 Å². The molecule has 1 aromatic rings. The van der Waals surface area contributed by atoms with Crippen LogP contribution in [0.2, 0.25) is 10.0 Å². The predicted molar refractivity (Wildman–Crippen MR) is 86.2 cm³/mol. The van der Waals surface area contributed by atoms with E-state index in [4.69, 9.17) is 32.7 Å². The van der Waals surface area contributed by atoms with Gasteiger partial charge in [-0.2, -0.15) is 0 Å². The molecule has 0 heterocycles. The van der Waals surface area contributed by atoms with Gasteiger partial charge in [0.05, 0.1) is 11.6 Å². The average Bonchev–Trinajstić information content (AvgIpc) is 2.46. The van der Waals surface area contributed by atoms with Gasteiger partial charge in [0.15, 0.2) is 6.61 Å². The molecule has 0 saturated carbocycles. The van der Waals surface area contributed by atoms with E-state index in [0.717, 1.165) is 25.7 Å². The lowest BCUT2D eigenvalue weighted by molar-refractivity contribution is -0.147. The number of carbonyl (C=O) groups excluding carboxylic acids is 1. The maximum atomic E-state index is 11.7. The van der Waals surface area contributed by atoms with Gasteiger partial charge >= 0.3 is 5.97 Å². The zero-order valence-corrected chi connectivity index (χ0v) is 14.0. The second-order valence-electron chi connectivity index (χ2n) is 4.96. The molecule has 0 aliphatic heterocycles. The Bertz CT molecular complexity index is 449. The first-order chi connectivity index (χ1) is 10.1. The number of benzene rings is 1. The minimum Gasteiger partial charge on any atom is -0.480 e. The predicted octanol–water partition coefficient (Wildman–Crippen LogP) is 5.13. The summed E-state index contributed by atoms with van der Waals surface area (Å²) in [5.41, 5.74) is 0. The average molecular weight is 333 g/mol. The van der Waals surface area contributed by atoms with Crippen molar-refractivity contribution in [3.05, 3.63) is 28.2 Å². The molecule has 0 unspecified atom stereocenters. The maximum Gasteiger partial charge on any atom is 0.344 e. The fourth-order valence-electron chi connectivity index (χ4n) is 1.88. The van der Waals surface area contributed by atoms with Crippen LogP contribution < -0.4 is 4.74 Å². The largest absolute Gasteiger partial charge is 0.480 e. The van der Waals surface area contributed by atoms with Gasteiger partial charge in [-0.05, 0) is 30.5 Å². The van der Waals surface area contributed by atoms with Crippen molar-refractivity contribution in [3.8, 4) is 5.75 Å². The molecule has 0 amide bonds. The van der Waals surface area contributed by atoms with Crippen LogP contribution in [0.25, 0.3) is 0 Å². The molecule has 0 radical (unpaired) electrons. The second kappa shape index (κ2) is 9.91. The van der Waals surface area contributed by atoms with E-state index in [1.165, 1.54) is 0 Å². The molecule has 1 aromatic carbocycles. The molecular formula is C16H22Cl2O3. The summed E-state index contributed by atoms with van der Waals surface area (Å²) in [6.07, 6.45) is 4.41. The van der Waals surface area contributed by atoms with E-state index in [1.54, 1.807) is 18.2 Å². The van der Waals surface area contributed by atoms with Crippen LogP contribution in [-0.4, -0.2) is 19.2 Å². The number of halogens is 2. The van der Waals surface area contributed by atoms with E-state index < -0.39 is 0 Å². The van der Waals surface area contributed by atoms with E-state index >= 15 is 0 Å². The normalized spacial score (nSPS) is 12.0. The van der Waals surface area contributed by atoms with E-state index in [0.29, 0.717) is 28.3 Å². The summed E-state index contributed by atoms with van der Waals surface area (Å²) in [6.45, 7) is 4.57. The quantitative estimate of drug-likeness (QED) is 0.588. The van der Waals surface area contributed by atoms with Crippen molar-refractivity contribution in [2.24, 2.45) is 5.92 Å². The lowest BCUT2D eigenvalue weighted by Crippen LogP contribution is -2.19. The number of unbranched alkanes of at least 4 members (excludes halogenated alkanes) is 1. The third-order valence-corrected chi connectivity index (χ3v) is 3.79. The van der Waals surface area contributed by atoms with E-state index in [9.17, 15) is 4.79 Å². The highest BCUT2D eigenvalue weighted by atomic mass is 35.5. The molecule has 21 heavy (non-hydrogen) atoms. The van der Waals surface area contributed by atoms with E-state index in [2.05, 4.69) is 13.8 Å². The summed E-state index contributed by atoms with van der Waals surface area (Å²) in [5, 5.41) is 0.904. The van der Waals surface area contributed by atoms with E-state index in [1.807, 2.05) is 0 Å². The summed E-state index contributed by atoms with van der Waals surface area (Å²) >= 11 is 11.7. The highest BCUT2D eigenvalue weighted by molar-refractivity contribution is 6.35. The van der Waals surface area contributed by atoms with Crippen molar-refractivity contribution < 1.29 is 14.3 Å². The summed E-state index contributed by atoms with van der Waals surface area (Å²) in [5.74, 6) is 0.472. The van der Waals surface area contributed by atoms with Gasteiger partial charge in [0.1, 0.15) is 5.75 Å². The summed E-state index contributed by atoms with van der Waals surface area (Å²) in [4.78, 5) is 11.7. The molecule has 0 bridgehead atoms. The molecule has 0 spiro atoms. The molecule has 118 valence electrons. The maximum absolute atomic E-state index is 11.7. The SMILES string of the molecule is CCCC[C@@H](CC)COC(=O)COc1ccc(Cl)cc1Cl. The lowest BCUT2D eigenvalue weighted by atomic mass is 10.0. The Morgan fingerprint density at radius 1 is 1.29 bits per heavy atom. The second-order valence-corrected chi connectivity index (χ2v) is 5.81. The van der Waals surface area contributed by atoms with Gasteiger partial charge in [-0.1, -0.05) is 56.3 Å². The third kappa shape index (κ3) is 7.05. The molecule has 0 fully saturated rings. The smallest absolute Gasteiger partial charge is 0.344 e. The van der Waals surface area contributed by atoms with Crippen LogP contribution >= 0.6 is 23.2 Å². The molecular weight excluding hydrogens is 311 g/mol. The highest BCUT2D eigenvalue weighted by Crippen LogP contribution is 2.27. The van der Waals surface area contributed by atoms with Gasteiger partial charge in [0.2, 0.25) is 0 Å². The molecule has 1 rings (SSSR count). The Morgan fingerprint density at radius 2 is 2.05 bits per heavy atom. The number of rotatable bonds is 9. The number of esters is 1. The van der Waals surface area contributed by atoms with E-state index in [-0.39, 0.29) is 12.6 Å². The number of hydrogen-bond donors (Lipinski definition) is 0. The Labute approximate surface area is 136 Å². The summed E-state index contributed by atoms with van der Waals surface area (Å²) in [6, 6.07) is 4.86. The molecule has 1 atom stereocenters. The highest BCUT2D eigenvalue weighted by Gasteiger charge is 2.11. The Balaban J connectivity index is 2.33. The van der Waals surface area contributed by atoms with Crippen LogP contribution in [0, 0.1) is 5.92 Å². The van der Waals surface area contributed by atoms with Crippen LogP contribution in [0.5, 0.6) is 5.75 Å². The van der Waals surface area contributed by atoms with Gasteiger partial charge in [0.25, 0.3) is 0 Å². The van der Waals surface area contributed by atoms with Crippen LogP contribution in [0.3, 0.4) is 0 Å². The molecule has 0 aliphatic carbocycles. The first-order valence-electron chi connectivity index (χ1n) is 7.30. The van der Waals surface area contributed by atoms with Gasteiger partial charge in [-0.3, -0.25) is 0 Å². The zero-order valence-electron chi connectivity index (χ0n) is 12.5. The first-order valence-corrected chi connectivity index (χ1v) is 8.05. The van der Waals surface area contributed by atoms with Crippen molar-refractivity contribution in [2.45, 2.75) is 39.5 Å². The summed E-state index contributed by atoms with van der Waals surface area (Å²) in [7, 11) is 0. The monoisotopic (exact) mass is 332 g/mol. The topological polar surface area (TPSA) is 35.5 Å². The molecule has 0 aliphatic rings. The first kappa shape index (κ1) is 18.1. The minimum atomic E-state index is -0.379. The van der Waals surface area contributed by atoms with Gasteiger partial charge in [0, 0.05) is 5.02 Å². The van der Waals surface area contributed by atoms with Crippen molar-refractivity contribution in [1.29, 1.82) is 0 Å².